The quantitative estimate of drug-likeness (QED) is 0.902. The molecule has 1 aromatic heterocycles. The average molecular weight is 342 g/mol. The van der Waals surface area contributed by atoms with Crippen LogP contribution in [0.1, 0.15) is 21.7 Å². The van der Waals surface area contributed by atoms with E-state index in [-0.39, 0.29) is 6.61 Å². The molecule has 1 aromatic carbocycles. The summed E-state index contributed by atoms with van der Waals surface area (Å²) in [7, 11) is 0. The summed E-state index contributed by atoms with van der Waals surface area (Å²) in [5.74, 6) is 0.785. The summed E-state index contributed by atoms with van der Waals surface area (Å²) < 4.78 is 6.80. The van der Waals surface area contributed by atoms with Gasteiger partial charge in [-0.3, -0.25) is 0 Å². The Balaban J connectivity index is 2.05. The predicted molar refractivity (Wildman–Crippen MR) is 80.9 cm³/mol. The number of rotatable bonds is 5. The van der Waals surface area contributed by atoms with Crippen LogP contribution in [0.3, 0.4) is 0 Å². The number of thiazole rings is 1. The molecule has 0 saturated heterocycles. The molecular formula is C14H16BrNO2S. The fourth-order valence-corrected chi connectivity index (χ4v) is 3.32. The van der Waals surface area contributed by atoms with Crippen LogP contribution in [0.15, 0.2) is 22.1 Å². The van der Waals surface area contributed by atoms with Crippen LogP contribution in [0.25, 0.3) is 0 Å². The highest BCUT2D eigenvalue weighted by Crippen LogP contribution is 2.28. The van der Waals surface area contributed by atoms with Gasteiger partial charge >= 0.3 is 0 Å². The maximum atomic E-state index is 9.39. The molecule has 2 rings (SSSR count). The molecule has 0 spiro atoms. The number of aryl methyl sites for hydroxylation is 2. The Morgan fingerprint density at radius 3 is 2.79 bits per heavy atom. The molecule has 0 bridgehead atoms. The van der Waals surface area contributed by atoms with Crippen LogP contribution in [-0.2, 0) is 13.0 Å². The lowest BCUT2D eigenvalue weighted by molar-refractivity contribution is 0.263. The number of aromatic nitrogens is 1. The van der Waals surface area contributed by atoms with Crippen LogP contribution in [0.5, 0.6) is 5.75 Å². The second kappa shape index (κ2) is 6.50. The van der Waals surface area contributed by atoms with Gasteiger partial charge in [0, 0.05) is 21.3 Å². The summed E-state index contributed by atoms with van der Waals surface area (Å²) in [4.78, 5) is 5.47. The van der Waals surface area contributed by atoms with E-state index < -0.39 is 0 Å². The molecule has 3 nitrogen and oxygen atoms in total. The van der Waals surface area contributed by atoms with Crippen molar-refractivity contribution in [1.82, 2.24) is 4.98 Å². The van der Waals surface area contributed by atoms with Crippen molar-refractivity contribution in [3.05, 3.63) is 43.8 Å². The summed E-state index contributed by atoms with van der Waals surface area (Å²) >= 11 is 5.08. The van der Waals surface area contributed by atoms with Gasteiger partial charge in [-0.05, 0) is 31.5 Å². The van der Waals surface area contributed by atoms with Gasteiger partial charge in [0.1, 0.15) is 5.75 Å². The van der Waals surface area contributed by atoms with Crippen molar-refractivity contribution in [3.8, 4) is 5.75 Å². The molecule has 0 fully saturated rings. The van der Waals surface area contributed by atoms with E-state index in [0.29, 0.717) is 6.61 Å². The van der Waals surface area contributed by atoms with Crippen LogP contribution >= 0.6 is 27.3 Å². The molecule has 102 valence electrons. The number of hydrogen-bond donors (Lipinski definition) is 1. The second-order valence-corrected chi connectivity index (χ2v) is 6.18. The van der Waals surface area contributed by atoms with Gasteiger partial charge in [0.15, 0.2) is 0 Å². The third-order valence-electron chi connectivity index (χ3n) is 2.91. The van der Waals surface area contributed by atoms with E-state index in [2.05, 4.69) is 20.9 Å². The number of halogens is 1. The largest absolute Gasteiger partial charge is 0.493 e. The molecule has 0 saturated carbocycles. The molecule has 0 aliphatic rings. The fraction of sp³-hybridized carbons (Fsp3) is 0.357. The van der Waals surface area contributed by atoms with Crippen LogP contribution < -0.4 is 4.74 Å². The Bertz CT molecular complexity index is 569. The normalized spacial score (nSPS) is 10.7. The Kier molecular flexibility index (Phi) is 4.96. The first kappa shape index (κ1) is 14.5. The lowest BCUT2D eigenvalue weighted by Crippen LogP contribution is -2.05. The number of aliphatic hydroxyl groups is 1. The third kappa shape index (κ3) is 3.55. The average Bonchev–Trinajstić information content (AvgIpc) is 2.77. The molecule has 1 N–H and O–H groups in total. The summed E-state index contributed by atoms with van der Waals surface area (Å²) in [6, 6.07) is 3.88. The Morgan fingerprint density at radius 2 is 2.16 bits per heavy atom. The van der Waals surface area contributed by atoms with Gasteiger partial charge < -0.3 is 9.84 Å². The van der Waals surface area contributed by atoms with Gasteiger partial charge in [-0.1, -0.05) is 15.9 Å². The smallest absolute Gasteiger partial charge is 0.127 e. The number of hydrogen-bond acceptors (Lipinski definition) is 4. The topological polar surface area (TPSA) is 42.4 Å². The van der Waals surface area contributed by atoms with Gasteiger partial charge in [0.05, 0.1) is 24.4 Å². The highest BCUT2D eigenvalue weighted by Gasteiger charge is 2.09. The first-order chi connectivity index (χ1) is 9.11. The molecular weight excluding hydrogens is 326 g/mol. The predicted octanol–water partition coefficient (Wildman–Crippen LogP) is 3.64. The van der Waals surface area contributed by atoms with Crippen molar-refractivity contribution in [3.63, 3.8) is 0 Å². The molecule has 0 unspecified atom stereocenters. The van der Waals surface area contributed by atoms with Crippen molar-refractivity contribution in [2.45, 2.75) is 26.9 Å². The lowest BCUT2D eigenvalue weighted by atomic mass is 10.1. The maximum absolute atomic E-state index is 9.39. The summed E-state index contributed by atoms with van der Waals surface area (Å²) in [5, 5.41) is 9.39. The minimum absolute atomic E-state index is 0.0187. The Morgan fingerprint density at radius 1 is 1.37 bits per heavy atom. The van der Waals surface area contributed by atoms with Crippen LogP contribution in [0, 0.1) is 13.8 Å². The van der Waals surface area contributed by atoms with E-state index >= 15 is 0 Å². The zero-order chi connectivity index (χ0) is 13.8. The molecule has 0 radical (unpaired) electrons. The van der Waals surface area contributed by atoms with Crippen LogP contribution in [0.2, 0.25) is 0 Å². The van der Waals surface area contributed by atoms with Crippen molar-refractivity contribution >= 4 is 27.3 Å². The highest BCUT2D eigenvalue weighted by molar-refractivity contribution is 9.10. The molecule has 0 aliphatic heterocycles. The molecule has 1 heterocycles. The number of benzene rings is 1. The van der Waals surface area contributed by atoms with E-state index in [1.165, 1.54) is 4.88 Å². The number of nitrogens with zero attached hydrogens (tertiary/aromatic N) is 1. The third-order valence-corrected chi connectivity index (χ3v) is 4.36. The van der Waals surface area contributed by atoms with E-state index in [1.807, 2.05) is 31.5 Å². The minimum atomic E-state index is -0.0187. The first-order valence-corrected chi connectivity index (χ1v) is 7.70. The summed E-state index contributed by atoms with van der Waals surface area (Å²) in [6.45, 7) is 4.57. The molecule has 0 aliphatic carbocycles. The Labute approximate surface area is 125 Å². The van der Waals surface area contributed by atoms with Crippen molar-refractivity contribution < 1.29 is 9.84 Å². The van der Waals surface area contributed by atoms with Crippen molar-refractivity contribution in [1.29, 1.82) is 0 Å². The van der Waals surface area contributed by atoms with Gasteiger partial charge in [0.25, 0.3) is 0 Å². The second-order valence-electron chi connectivity index (χ2n) is 4.33. The summed E-state index contributed by atoms with van der Waals surface area (Å²) in [6.07, 6.45) is 0.844. The van der Waals surface area contributed by atoms with E-state index in [0.717, 1.165) is 33.5 Å². The number of aliphatic hydroxyl groups excluding tert-OH is 1. The van der Waals surface area contributed by atoms with Crippen LogP contribution in [0.4, 0.5) is 0 Å². The molecule has 19 heavy (non-hydrogen) atoms. The maximum Gasteiger partial charge on any atom is 0.127 e. The SMILES string of the molecule is Cc1cc(Br)cc(CO)c1OCCc1scnc1C. The monoisotopic (exact) mass is 341 g/mol. The van der Waals surface area contributed by atoms with E-state index in [9.17, 15) is 5.11 Å². The first-order valence-electron chi connectivity index (χ1n) is 6.03. The van der Waals surface area contributed by atoms with E-state index in [1.54, 1.807) is 11.3 Å². The van der Waals surface area contributed by atoms with Gasteiger partial charge in [-0.15, -0.1) is 11.3 Å². The molecule has 0 amide bonds. The number of ether oxygens (including phenoxy) is 1. The van der Waals surface area contributed by atoms with Gasteiger partial charge in [-0.25, -0.2) is 4.98 Å². The molecule has 2 aromatic rings. The van der Waals surface area contributed by atoms with Crippen molar-refractivity contribution in [2.75, 3.05) is 6.61 Å². The zero-order valence-electron chi connectivity index (χ0n) is 10.9. The summed E-state index contributed by atoms with van der Waals surface area (Å²) in [5.41, 5.74) is 4.77. The van der Waals surface area contributed by atoms with Crippen LogP contribution in [-0.4, -0.2) is 16.7 Å². The van der Waals surface area contributed by atoms with Crippen molar-refractivity contribution in [2.24, 2.45) is 0 Å². The lowest BCUT2D eigenvalue weighted by Gasteiger charge is -2.13. The van der Waals surface area contributed by atoms with Gasteiger partial charge in [-0.2, -0.15) is 0 Å². The van der Waals surface area contributed by atoms with Gasteiger partial charge in [0.2, 0.25) is 0 Å². The zero-order valence-corrected chi connectivity index (χ0v) is 13.3. The van der Waals surface area contributed by atoms with E-state index in [4.69, 9.17) is 4.74 Å². The molecule has 5 heteroatoms. The Hall–Kier alpha value is -0.910. The fourth-order valence-electron chi connectivity index (χ4n) is 1.94. The standard InChI is InChI=1S/C14H16BrNO2S/c1-9-5-12(15)6-11(7-17)14(9)18-4-3-13-10(2)16-8-19-13/h5-6,8,17H,3-4,7H2,1-2H3. The highest BCUT2D eigenvalue weighted by atomic mass is 79.9. The minimum Gasteiger partial charge on any atom is -0.493 e. The molecule has 0 atom stereocenters.